The molecule has 0 saturated carbocycles. The average molecular weight is 356 g/mol. The molecule has 4 nitrogen and oxygen atoms in total. The second-order valence-corrected chi connectivity index (χ2v) is 7.53. The van der Waals surface area contributed by atoms with Crippen LogP contribution in [0.25, 0.3) is 0 Å². The van der Waals surface area contributed by atoms with Crippen LogP contribution in [0.1, 0.15) is 17.0 Å². The number of nitrogens with two attached hydrogens (primary N) is 1. The van der Waals surface area contributed by atoms with E-state index < -0.39 is 0 Å². The minimum Gasteiger partial charge on any atom is -0.486 e. The maximum atomic E-state index is 6.44. The first-order valence-electron chi connectivity index (χ1n) is 8.74. The van der Waals surface area contributed by atoms with Crippen LogP contribution in [0.15, 0.2) is 47.4 Å². The minimum atomic E-state index is 0.178. The summed E-state index contributed by atoms with van der Waals surface area (Å²) in [5.41, 5.74) is 9.07. The second kappa shape index (κ2) is 7.28. The van der Waals surface area contributed by atoms with Crippen molar-refractivity contribution in [2.45, 2.75) is 23.4 Å². The van der Waals surface area contributed by atoms with E-state index in [0.29, 0.717) is 19.1 Å². The van der Waals surface area contributed by atoms with Gasteiger partial charge in [-0.25, -0.2) is 0 Å². The summed E-state index contributed by atoms with van der Waals surface area (Å²) in [7, 11) is 0. The summed E-state index contributed by atoms with van der Waals surface area (Å²) in [5.74, 6) is 2.12. The summed E-state index contributed by atoms with van der Waals surface area (Å²) in [5, 5.41) is 0. The third-order valence-corrected chi connectivity index (χ3v) is 5.83. The van der Waals surface area contributed by atoms with E-state index >= 15 is 0 Å². The van der Waals surface area contributed by atoms with Crippen LogP contribution in [0.3, 0.4) is 0 Å². The zero-order chi connectivity index (χ0) is 17.2. The molecular weight excluding hydrogens is 332 g/mol. The molecule has 132 valence electrons. The Bertz CT molecular complexity index is 738. The van der Waals surface area contributed by atoms with Crippen molar-refractivity contribution < 1.29 is 9.47 Å². The molecule has 0 amide bonds. The molecule has 0 aromatic heterocycles. The number of likely N-dealkylation sites (tertiary alicyclic amines) is 1. The fourth-order valence-corrected chi connectivity index (χ4v) is 4.37. The molecule has 0 radical (unpaired) electrons. The number of rotatable bonds is 4. The van der Waals surface area contributed by atoms with Crippen molar-refractivity contribution in [3.8, 4) is 11.5 Å². The van der Waals surface area contributed by atoms with Crippen molar-refractivity contribution in [2.24, 2.45) is 5.73 Å². The molecule has 1 fully saturated rings. The van der Waals surface area contributed by atoms with E-state index in [0.717, 1.165) is 31.1 Å². The molecule has 4 rings (SSSR count). The Morgan fingerprint density at radius 1 is 1.08 bits per heavy atom. The molecule has 0 aliphatic carbocycles. The van der Waals surface area contributed by atoms with Gasteiger partial charge in [-0.1, -0.05) is 30.3 Å². The summed E-state index contributed by atoms with van der Waals surface area (Å²) in [6.45, 7) is 4.05. The SMILES string of the molecule is CSc1cc2c(cc1CN1C[C@@H](N)[C@H](c3ccccc3)C1)OCCO2. The largest absolute Gasteiger partial charge is 0.486 e. The van der Waals surface area contributed by atoms with Gasteiger partial charge in [0.05, 0.1) is 0 Å². The zero-order valence-electron chi connectivity index (χ0n) is 14.5. The van der Waals surface area contributed by atoms with Crippen LogP contribution < -0.4 is 15.2 Å². The summed E-state index contributed by atoms with van der Waals surface area (Å²) in [6, 6.07) is 15.0. The fourth-order valence-electron chi connectivity index (χ4n) is 3.76. The predicted octanol–water partition coefficient (Wildman–Crippen LogP) is 3.11. The number of hydrogen-bond acceptors (Lipinski definition) is 5. The normalized spacial score (nSPS) is 23.0. The van der Waals surface area contributed by atoms with Gasteiger partial charge in [-0.05, 0) is 29.5 Å². The second-order valence-electron chi connectivity index (χ2n) is 6.68. The summed E-state index contributed by atoms with van der Waals surface area (Å²) >= 11 is 1.76. The van der Waals surface area contributed by atoms with Crippen molar-refractivity contribution >= 4 is 11.8 Å². The van der Waals surface area contributed by atoms with E-state index in [-0.39, 0.29) is 6.04 Å². The van der Waals surface area contributed by atoms with Crippen molar-refractivity contribution in [1.29, 1.82) is 0 Å². The topological polar surface area (TPSA) is 47.7 Å². The van der Waals surface area contributed by atoms with Gasteiger partial charge in [0.25, 0.3) is 0 Å². The third-order valence-electron chi connectivity index (χ3n) is 5.01. The minimum absolute atomic E-state index is 0.178. The van der Waals surface area contributed by atoms with Crippen LogP contribution in [-0.2, 0) is 6.54 Å². The van der Waals surface area contributed by atoms with Gasteiger partial charge >= 0.3 is 0 Å². The average Bonchev–Trinajstić information content (AvgIpc) is 3.02. The zero-order valence-corrected chi connectivity index (χ0v) is 15.3. The number of hydrogen-bond donors (Lipinski definition) is 1. The number of thioether (sulfide) groups is 1. The van der Waals surface area contributed by atoms with E-state index in [2.05, 4.69) is 53.6 Å². The fraction of sp³-hybridized carbons (Fsp3) is 0.400. The van der Waals surface area contributed by atoms with E-state index in [1.807, 2.05) is 0 Å². The van der Waals surface area contributed by atoms with Gasteiger partial charge < -0.3 is 15.2 Å². The first-order chi connectivity index (χ1) is 12.2. The quantitative estimate of drug-likeness (QED) is 0.853. The number of ether oxygens (including phenoxy) is 2. The molecule has 0 spiro atoms. The number of fused-ring (bicyclic) bond motifs is 1. The van der Waals surface area contributed by atoms with Gasteiger partial charge in [0, 0.05) is 36.5 Å². The molecule has 2 aromatic carbocycles. The number of nitrogens with zero attached hydrogens (tertiary/aromatic N) is 1. The van der Waals surface area contributed by atoms with Crippen molar-refractivity contribution in [3.63, 3.8) is 0 Å². The maximum absolute atomic E-state index is 6.44. The van der Waals surface area contributed by atoms with E-state index in [4.69, 9.17) is 15.2 Å². The van der Waals surface area contributed by atoms with Crippen molar-refractivity contribution in [3.05, 3.63) is 53.6 Å². The Hall–Kier alpha value is -1.69. The number of benzene rings is 2. The molecule has 5 heteroatoms. The van der Waals surface area contributed by atoms with E-state index in [9.17, 15) is 0 Å². The van der Waals surface area contributed by atoms with Crippen LogP contribution in [0.5, 0.6) is 11.5 Å². The van der Waals surface area contributed by atoms with Gasteiger partial charge in [-0.15, -0.1) is 11.8 Å². The highest BCUT2D eigenvalue weighted by Gasteiger charge is 2.31. The van der Waals surface area contributed by atoms with Gasteiger partial charge in [-0.2, -0.15) is 0 Å². The first-order valence-corrected chi connectivity index (χ1v) is 9.96. The molecule has 1 saturated heterocycles. The van der Waals surface area contributed by atoms with Crippen LogP contribution in [0.4, 0.5) is 0 Å². The van der Waals surface area contributed by atoms with Crippen molar-refractivity contribution in [2.75, 3.05) is 32.6 Å². The molecule has 0 unspecified atom stereocenters. The van der Waals surface area contributed by atoms with Crippen LogP contribution >= 0.6 is 11.8 Å². The molecule has 2 aromatic rings. The Kier molecular flexibility index (Phi) is 4.88. The van der Waals surface area contributed by atoms with Crippen LogP contribution in [-0.4, -0.2) is 43.5 Å². The lowest BCUT2D eigenvalue weighted by atomic mass is 9.95. The molecule has 2 aliphatic rings. The van der Waals surface area contributed by atoms with Gasteiger partial charge in [0.1, 0.15) is 13.2 Å². The van der Waals surface area contributed by atoms with Crippen LogP contribution in [0, 0.1) is 0 Å². The maximum Gasteiger partial charge on any atom is 0.162 e. The molecule has 2 N–H and O–H groups in total. The molecule has 0 bridgehead atoms. The Labute approximate surface area is 153 Å². The third kappa shape index (κ3) is 3.50. The predicted molar refractivity (Wildman–Crippen MR) is 102 cm³/mol. The van der Waals surface area contributed by atoms with E-state index in [1.165, 1.54) is 16.0 Å². The van der Waals surface area contributed by atoms with Gasteiger partial charge in [-0.3, -0.25) is 4.90 Å². The summed E-state index contributed by atoms with van der Waals surface area (Å²) in [4.78, 5) is 3.70. The van der Waals surface area contributed by atoms with Crippen molar-refractivity contribution in [1.82, 2.24) is 4.90 Å². The van der Waals surface area contributed by atoms with Crippen LogP contribution in [0.2, 0.25) is 0 Å². The monoisotopic (exact) mass is 356 g/mol. The highest BCUT2D eigenvalue weighted by atomic mass is 32.2. The Balaban J connectivity index is 1.53. The smallest absolute Gasteiger partial charge is 0.162 e. The Morgan fingerprint density at radius 3 is 2.52 bits per heavy atom. The first kappa shape index (κ1) is 16.8. The molecular formula is C20H24N2O2S. The summed E-state index contributed by atoms with van der Waals surface area (Å²) in [6.07, 6.45) is 2.11. The van der Waals surface area contributed by atoms with E-state index in [1.54, 1.807) is 11.8 Å². The highest BCUT2D eigenvalue weighted by molar-refractivity contribution is 7.98. The lowest BCUT2D eigenvalue weighted by molar-refractivity contribution is 0.170. The molecule has 2 aliphatic heterocycles. The molecule has 2 heterocycles. The Morgan fingerprint density at radius 2 is 1.80 bits per heavy atom. The van der Waals surface area contributed by atoms with Gasteiger partial charge in [0.15, 0.2) is 11.5 Å². The van der Waals surface area contributed by atoms with Gasteiger partial charge in [0.2, 0.25) is 0 Å². The lowest BCUT2D eigenvalue weighted by Crippen LogP contribution is -2.28. The summed E-state index contributed by atoms with van der Waals surface area (Å²) < 4.78 is 11.5. The molecule has 25 heavy (non-hydrogen) atoms. The standard InChI is InChI=1S/C20H24N2O2S/c1-25-20-10-19-18(23-7-8-24-19)9-15(20)11-22-12-16(17(21)13-22)14-5-3-2-4-6-14/h2-6,9-10,16-17H,7-8,11-13,21H2,1H3/t16-,17+/m0/s1. The highest BCUT2D eigenvalue weighted by Crippen LogP contribution is 2.38. The lowest BCUT2D eigenvalue weighted by Gasteiger charge is -2.23. The molecule has 2 atom stereocenters.